The number of benzene rings is 1. The van der Waals surface area contributed by atoms with Gasteiger partial charge in [0, 0.05) is 11.4 Å². The molecule has 2 nitrogen and oxygen atoms in total. The molecule has 0 bridgehead atoms. The summed E-state index contributed by atoms with van der Waals surface area (Å²) in [6, 6.07) is 5.83. The lowest BCUT2D eigenvalue weighted by molar-refractivity contribution is -0.137. The first-order chi connectivity index (χ1) is 7.09. The van der Waals surface area contributed by atoms with Crippen LogP contribution in [0.5, 0.6) is 0 Å². The smallest absolute Gasteiger partial charge is 0.303 e. The molecule has 0 aromatic heterocycles. The predicted molar refractivity (Wildman–Crippen MR) is 61.4 cm³/mol. The third-order valence-electron chi connectivity index (χ3n) is 2.39. The van der Waals surface area contributed by atoms with E-state index in [1.165, 1.54) is 11.1 Å². The van der Waals surface area contributed by atoms with Gasteiger partial charge in [-0.25, -0.2) is 0 Å². The number of carbonyl (C=O) groups is 1. The summed E-state index contributed by atoms with van der Waals surface area (Å²) in [5.74, 6) is -0.720. The van der Waals surface area contributed by atoms with Crippen LogP contribution in [0.2, 0.25) is 5.02 Å². The standard InChI is InChI=1S/C12H15ClO2/c1-9-8-11(13)7-6-10(9)4-2-3-5-12(14)15/h6-8H,2-5H2,1H3,(H,14,15). The fourth-order valence-corrected chi connectivity index (χ4v) is 1.76. The molecule has 3 heteroatoms. The zero-order valence-electron chi connectivity index (χ0n) is 8.79. The van der Waals surface area contributed by atoms with Crippen LogP contribution in [0.15, 0.2) is 18.2 Å². The Bertz CT molecular complexity index is 347. The van der Waals surface area contributed by atoms with Crippen LogP contribution in [0.1, 0.15) is 30.4 Å². The van der Waals surface area contributed by atoms with Crippen molar-refractivity contribution in [2.24, 2.45) is 0 Å². The van der Waals surface area contributed by atoms with Gasteiger partial charge in [-0.05, 0) is 49.4 Å². The van der Waals surface area contributed by atoms with Gasteiger partial charge in [-0.1, -0.05) is 17.7 Å². The zero-order valence-corrected chi connectivity index (χ0v) is 9.55. The van der Waals surface area contributed by atoms with Gasteiger partial charge in [0.25, 0.3) is 0 Å². The normalized spacial score (nSPS) is 10.3. The van der Waals surface area contributed by atoms with Crippen LogP contribution < -0.4 is 0 Å². The number of carboxylic acid groups (broad SMARTS) is 1. The summed E-state index contributed by atoms with van der Waals surface area (Å²) in [6.07, 6.45) is 2.83. The highest BCUT2D eigenvalue weighted by atomic mass is 35.5. The second-order valence-electron chi connectivity index (χ2n) is 3.67. The topological polar surface area (TPSA) is 37.3 Å². The van der Waals surface area contributed by atoms with Crippen LogP contribution in [0.4, 0.5) is 0 Å². The van der Waals surface area contributed by atoms with Crippen molar-refractivity contribution in [3.8, 4) is 0 Å². The molecule has 0 aliphatic heterocycles. The minimum absolute atomic E-state index is 0.257. The van der Waals surface area contributed by atoms with Crippen molar-refractivity contribution in [3.63, 3.8) is 0 Å². The van der Waals surface area contributed by atoms with Crippen molar-refractivity contribution in [2.75, 3.05) is 0 Å². The number of aliphatic carboxylic acids is 1. The van der Waals surface area contributed by atoms with Crippen LogP contribution in [0, 0.1) is 6.92 Å². The number of unbranched alkanes of at least 4 members (excludes halogenated alkanes) is 1. The van der Waals surface area contributed by atoms with Crippen molar-refractivity contribution in [1.82, 2.24) is 0 Å². The monoisotopic (exact) mass is 226 g/mol. The molecule has 0 saturated carbocycles. The van der Waals surface area contributed by atoms with E-state index in [2.05, 4.69) is 0 Å². The van der Waals surface area contributed by atoms with E-state index in [1.807, 2.05) is 25.1 Å². The molecule has 0 aliphatic rings. The Morgan fingerprint density at radius 2 is 2.13 bits per heavy atom. The Kier molecular flexibility index (Phi) is 4.63. The van der Waals surface area contributed by atoms with Crippen molar-refractivity contribution in [1.29, 1.82) is 0 Å². The summed E-state index contributed by atoms with van der Waals surface area (Å²) >= 11 is 5.84. The van der Waals surface area contributed by atoms with Crippen LogP contribution in [-0.2, 0) is 11.2 Å². The highest BCUT2D eigenvalue weighted by Gasteiger charge is 2.01. The van der Waals surface area contributed by atoms with Crippen LogP contribution in [0.3, 0.4) is 0 Å². The quantitative estimate of drug-likeness (QED) is 0.781. The minimum atomic E-state index is -0.720. The second kappa shape index (κ2) is 5.76. The minimum Gasteiger partial charge on any atom is -0.481 e. The first-order valence-electron chi connectivity index (χ1n) is 5.06. The molecule has 1 aromatic rings. The summed E-state index contributed by atoms with van der Waals surface area (Å²) in [5, 5.41) is 9.24. The third-order valence-corrected chi connectivity index (χ3v) is 2.63. The van der Waals surface area contributed by atoms with E-state index in [0.29, 0.717) is 0 Å². The SMILES string of the molecule is Cc1cc(Cl)ccc1CCCCC(=O)O. The van der Waals surface area contributed by atoms with Gasteiger partial charge in [-0.15, -0.1) is 0 Å². The van der Waals surface area contributed by atoms with E-state index < -0.39 is 5.97 Å². The Hall–Kier alpha value is -1.02. The second-order valence-corrected chi connectivity index (χ2v) is 4.11. The predicted octanol–water partition coefficient (Wildman–Crippen LogP) is 3.45. The number of carboxylic acids is 1. The van der Waals surface area contributed by atoms with Gasteiger partial charge in [-0.2, -0.15) is 0 Å². The molecule has 0 saturated heterocycles. The van der Waals surface area contributed by atoms with E-state index in [9.17, 15) is 4.79 Å². The van der Waals surface area contributed by atoms with Crippen molar-refractivity contribution >= 4 is 17.6 Å². The number of aryl methyl sites for hydroxylation is 2. The van der Waals surface area contributed by atoms with Crippen molar-refractivity contribution < 1.29 is 9.90 Å². The Morgan fingerprint density at radius 3 is 2.73 bits per heavy atom. The lowest BCUT2D eigenvalue weighted by Crippen LogP contribution is -1.95. The highest BCUT2D eigenvalue weighted by Crippen LogP contribution is 2.17. The summed E-state index contributed by atoms with van der Waals surface area (Å²) in [4.78, 5) is 10.3. The maximum absolute atomic E-state index is 10.3. The van der Waals surface area contributed by atoms with E-state index in [0.717, 1.165) is 24.3 Å². The molecular weight excluding hydrogens is 212 g/mol. The molecule has 0 aliphatic carbocycles. The molecule has 0 spiro atoms. The molecule has 0 heterocycles. The molecule has 0 radical (unpaired) electrons. The van der Waals surface area contributed by atoms with Gasteiger partial charge in [0.2, 0.25) is 0 Å². The van der Waals surface area contributed by atoms with E-state index in [1.54, 1.807) is 0 Å². The molecule has 0 atom stereocenters. The number of hydrogen-bond acceptors (Lipinski definition) is 1. The molecule has 0 amide bonds. The fourth-order valence-electron chi connectivity index (χ4n) is 1.53. The average Bonchev–Trinajstić information content (AvgIpc) is 2.14. The lowest BCUT2D eigenvalue weighted by Gasteiger charge is -2.05. The molecule has 1 N–H and O–H groups in total. The third kappa shape index (κ3) is 4.34. The van der Waals surface area contributed by atoms with Gasteiger partial charge >= 0.3 is 5.97 Å². The Morgan fingerprint density at radius 1 is 1.40 bits per heavy atom. The summed E-state index contributed by atoms with van der Waals surface area (Å²) < 4.78 is 0. The Labute approximate surface area is 94.9 Å². The van der Waals surface area contributed by atoms with Crippen LogP contribution in [0.25, 0.3) is 0 Å². The number of rotatable bonds is 5. The largest absolute Gasteiger partial charge is 0.481 e. The molecule has 1 rings (SSSR count). The summed E-state index contributed by atoms with van der Waals surface area (Å²) in [6.45, 7) is 2.03. The average molecular weight is 227 g/mol. The lowest BCUT2D eigenvalue weighted by atomic mass is 10.0. The van der Waals surface area contributed by atoms with E-state index in [4.69, 9.17) is 16.7 Å². The van der Waals surface area contributed by atoms with Crippen LogP contribution in [-0.4, -0.2) is 11.1 Å². The van der Waals surface area contributed by atoms with E-state index in [-0.39, 0.29) is 6.42 Å². The van der Waals surface area contributed by atoms with E-state index >= 15 is 0 Å². The molecule has 15 heavy (non-hydrogen) atoms. The van der Waals surface area contributed by atoms with Crippen molar-refractivity contribution in [3.05, 3.63) is 34.3 Å². The first kappa shape index (κ1) is 12.1. The van der Waals surface area contributed by atoms with Gasteiger partial charge in [0.1, 0.15) is 0 Å². The molecule has 0 unspecified atom stereocenters. The number of halogens is 1. The molecule has 0 fully saturated rings. The maximum atomic E-state index is 10.3. The first-order valence-corrected chi connectivity index (χ1v) is 5.44. The molecular formula is C12H15ClO2. The Balaban J connectivity index is 2.40. The summed E-state index contributed by atoms with van der Waals surface area (Å²) in [5.41, 5.74) is 2.43. The van der Waals surface area contributed by atoms with Crippen LogP contribution >= 0.6 is 11.6 Å². The summed E-state index contributed by atoms with van der Waals surface area (Å²) in [7, 11) is 0. The van der Waals surface area contributed by atoms with Gasteiger partial charge < -0.3 is 5.11 Å². The fraction of sp³-hybridized carbons (Fsp3) is 0.417. The number of hydrogen-bond donors (Lipinski definition) is 1. The van der Waals surface area contributed by atoms with Gasteiger partial charge in [0.15, 0.2) is 0 Å². The zero-order chi connectivity index (χ0) is 11.3. The van der Waals surface area contributed by atoms with Crippen molar-refractivity contribution in [2.45, 2.75) is 32.6 Å². The molecule has 1 aromatic carbocycles. The van der Waals surface area contributed by atoms with Gasteiger partial charge in [-0.3, -0.25) is 4.79 Å². The molecule has 82 valence electrons. The maximum Gasteiger partial charge on any atom is 0.303 e. The van der Waals surface area contributed by atoms with Gasteiger partial charge in [0.05, 0.1) is 0 Å². The highest BCUT2D eigenvalue weighted by molar-refractivity contribution is 6.30.